The van der Waals surface area contributed by atoms with Crippen LogP contribution in [0.25, 0.3) is 0 Å². The van der Waals surface area contributed by atoms with E-state index in [1.54, 1.807) is 0 Å². The Kier molecular flexibility index (Phi) is 3.18. The lowest BCUT2D eigenvalue weighted by molar-refractivity contribution is -0.0233. The molecule has 2 saturated carbocycles. The van der Waals surface area contributed by atoms with Gasteiger partial charge in [-0.2, -0.15) is 0 Å². The van der Waals surface area contributed by atoms with Gasteiger partial charge < -0.3 is 15.9 Å². The lowest BCUT2D eigenvalue weighted by Gasteiger charge is -2.56. The SMILES string of the molecule is C[C@]12CC[C@H]3[C@@H](C=CC4C[C@@H](O)C=C[C@@]43C)[C@@H]1C[C@H](O)[C@H]2N. The molecule has 0 amide bonds. The molecule has 4 N–H and O–H groups in total. The summed E-state index contributed by atoms with van der Waals surface area (Å²) in [4.78, 5) is 0. The van der Waals surface area contributed by atoms with E-state index in [1.807, 2.05) is 6.08 Å². The van der Waals surface area contributed by atoms with E-state index < -0.39 is 0 Å². The number of nitrogens with two attached hydrogens (primary N) is 1. The Hall–Kier alpha value is -0.640. The summed E-state index contributed by atoms with van der Waals surface area (Å²) in [6, 6.07) is -0.0823. The van der Waals surface area contributed by atoms with Crippen molar-refractivity contribution in [3.05, 3.63) is 24.3 Å². The van der Waals surface area contributed by atoms with Crippen LogP contribution in [0.5, 0.6) is 0 Å². The maximum atomic E-state index is 10.3. The standard InChI is InChI=1S/C19H29NO2/c1-18-7-5-12(21)9-11(18)3-4-13-14(18)6-8-19(2)15(13)10-16(22)17(19)20/h3-5,7,11-17,21-22H,6,8-10,20H2,1-2H3/t11?,12-,13+,14-,15-,16-,17+,18-,19-/m0/s1. The van der Waals surface area contributed by atoms with Gasteiger partial charge in [-0.05, 0) is 60.2 Å². The largest absolute Gasteiger partial charge is 0.391 e. The van der Waals surface area contributed by atoms with Crippen LogP contribution in [-0.2, 0) is 0 Å². The lowest BCUT2D eigenvalue weighted by Crippen LogP contribution is -2.53. The average Bonchev–Trinajstić information content (AvgIpc) is 2.72. The van der Waals surface area contributed by atoms with Crippen molar-refractivity contribution in [3.63, 3.8) is 0 Å². The van der Waals surface area contributed by atoms with Crippen molar-refractivity contribution in [2.24, 2.45) is 40.2 Å². The molecule has 3 heteroatoms. The van der Waals surface area contributed by atoms with E-state index >= 15 is 0 Å². The normalized spacial score (nSPS) is 59.8. The van der Waals surface area contributed by atoms with Crippen molar-refractivity contribution >= 4 is 0 Å². The lowest BCUT2D eigenvalue weighted by atomic mass is 9.48. The maximum Gasteiger partial charge on any atom is 0.0727 e. The first-order valence-corrected chi connectivity index (χ1v) is 8.85. The Morgan fingerprint density at radius 3 is 2.59 bits per heavy atom. The van der Waals surface area contributed by atoms with Crippen molar-refractivity contribution in [2.45, 2.75) is 57.8 Å². The molecule has 0 aromatic carbocycles. The number of hydrogen-bond donors (Lipinski definition) is 3. The fraction of sp³-hybridized carbons (Fsp3) is 0.789. The fourth-order valence-electron chi connectivity index (χ4n) is 6.23. The third-order valence-corrected chi connectivity index (χ3v) is 7.78. The molecule has 2 fully saturated rings. The quantitative estimate of drug-likeness (QED) is 0.601. The monoisotopic (exact) mass is 303 g/mol. The van der Waals surface area contributed by atoms with E-state index in [0.29, 0.717) is 23.7 Å². The van der Waals surface area contributed by atoms with E-state index in [1.165, 1.54) is 6.42 Å². The molecule has 0 heterocycles. The molecular formula is C19H29NO2. The Balaban J connectivity index is 1.71. The van der Waals surface area contributed by atoms with Gasteiger partial charge in [0.2, 0.25) is 0 Å². The molecular weight excluding hydrogens is 274 g/mol. The van der Waals surface area contributed by atoms with Gasteiger partial charge in [-0.25, -0.2) is 0 Å². The molecule has 0 aromatic heterocycles. The summed E-state index contributed by atoms with van der Waals surface area (Å²) in [5.74, 6) is 2.06. The van der Waals surface area contributed by atoms with Gasteiger partial charge in [-0.15, -0.1) is 0 Å². The van der Waals surface area contributed by atoms with Crippen LogP contribution >= 0.6 is 0 Å². The molecule has 3 nitrogen and oxygen atoms in total. The number of allylic oxidation sites excluding steroid dienone is 3. The van der Waals surface area contributed by atoms with Crippen LogP contribution in [-0.4, -0.2) is 28.5 Å². The maximum absolute atomic E-state index is 10.3. The Morgan fingerprint density at radius 1 is 1.05 bits per heavy atom. The van der Waals surface area contributed by atoms with Crippen molar-refractivity contribution in [3.8, 4) is 0 Å². The van der Waals surface area contributed by atoms with Crippen LogP contribution < -0.4 is 5.73 Å². The van der Waals surface area contributed by atoms with E-state index in [0.717, 1.165) is 19.3 Å². The van der Waals surface area contributed by atoms with Crippen LogP contribution in [0.15, 0.2) is 24.3 Å². The molecule has 0 aromatic rings. The Morgan fingerprint density at radius 2 is 1.82 bits per heavy atom. The summed E-state index contributed by atoms with van der Waals surface area (Å²) in [7, 11) is 0. The van der Waals surface area contributed by atoms with E-state index in [2.05, 4.69) is 32.1 Å². The number of rotatable bonds is 0. The minimum atomic E-state index is -0.351. The van der Waals surface area contributed by atoms with Crippen LogP contribution in [0.2, 0.25) is 0 Å². The summed E-state index contributed by atoms with van der Waals surface area (Å²) in [5.41, 5.74) is 6.58. The zero-order valence-electron chi connectivity index (χ0n) is 13.7. The van der Waals surface area contributed by atoms with Crippen molar-refractivity contribution in [1.29, 1.82) is 0 Å². The average molecular weight is 303 g/mol. The first kappa shape index (κ1) is 14.9. The highest BCUT2D eigenvalue weighted by molar-refractivity contribution is 5.25. The number of fused-ring (bicyclic) bond motifs is 5. The Labute approximate surface area is 133 Å². The summed E-state index contributed by atoms with van der Waals surface area (Å²) in [6.45, 7) is 4.66. The second-order valence-corrected chi connectivity index (χ2v) is 8.68. The molecule has 4 aliphatic rings. The molecule has 0 radical (unpaired) electrons. The molecule has 1 unspecified atom stereocenters. The van der Waals surface area contributed by atoms with Gasteiger partial charge in [0, 0.05) is 6.04 Å². The van der Waals surface area contributed by atoms with Gasteiger partial charge in [-0.1, -0.05) is 38.2 Å². The molecule has 22 heavy (non-hydrogen) atoms. The predicted octanol–water partition coefficient (Wildman–Crippen LogP) is 2.24. The fourth-order valence-corrected chi connectivity index (χ4v) is 6.23. The minimum Gasteiger partial charge on any atom is -0.391 e. The van der Waals surface area contributed by atoms with Crippen molar-refractivity contribution < 1.29 is 10.2 Å². The van der Waals surface area contributed by atoms with Gasteiger partial charge in [0.05, 0.1) is 12.2 Å². The van der Waals surface area contributed by atoms with Crippen LogP contribution in [0.3, 0.4) is 0 Å². The third-order valence-electron chi connectivity index (χ3n) is 7.78. The molecule has 4 aliphatic carbocycles. The zero-order chi connectivity index (χ0) is 15.7. The van der Waals surface area contributed by atoms with E-state index in [-0.39, 0.29) is 29.1 Å². The summed E-state index contributed by atoms with van der Waals surface area (Å²) >= 11 is 0. The van der Waals surface area contributed by atoms with Gasteiger partial charge in [-0.3, -0.25) is 0 Å². The third kappa shape index (κ3) is 1.79. The summed E-state index contributed by atoms with van der Waals surface area (Å²) in [6.07, 6.45) is 12.3. The van der Waals surface area contributed by atoms with Gasteiger partial charge in [0.1, 0.15) is 0 Å². The highest BCUT2D eigenvalue weighted by Gasteiger charge is 2.59. The second-order valence-electron chi connectivity index (χ2n) is 8.68. The topological polar surface area (TPSA) is 66.5 Å². The minimum absolute atomic E-state index is 0.0754. The second kappa shape index (κ2) is 4.68. The number of hydrogen-bond acceptors (Lipinski definition) is 3. The Bertz CT molecular complexity index is 530. The van der Waals surface area contributed by atoms with Gasteiger partial charge in [0.15, 0.2) is 0 Å². The predicted molar refractivity (Wildman–Crippen MR) is 86.9 cm³/mol. The molecule has 0 aliphatic heterocycles. The van der Waals surface area contributed by atoms with E-state index in [9.17, 15) is 10.2 Å². The zero-order valence-corrected chi connectivity index (χ0v) is 13.7. The van der Waals surface area contributed by atoms with Crippen molar-refractivity contribution in [1.82, 2.24) is 0 Å². The summed E-state index contributed by atoms with van der Waals surface area (Å²) < 4.78 is 0. The van der Waals surface area contributed by atoms with E-state index in [4.69, 9.17) is 5.73 Å². The molecule has 0 bridgehead atoms. The van der Waals surface area contributed by atoms with Crippen molar-refractivity contribution in [2.75, 3.05) is 0 Å². The van der Waals surface area contributed by atoms with Crippen LogP contribution in [0.4, 0.5) is 0 Å². The summed E-state index contributed by atoms with van der Waals surface area (Å²) in [5, 5.41) is 20.3. The molecule has 4 rings (SSSR count). The molecule has 9 atom stereocenters. The first-order valence-electron chi connectivity index (χ1n) is 8.85. The highest BCUT2D eigenvalue weighted by atomic mass is 16.3. The molecule has 0 saturated heterocycles. The van der Waals surface area contributed by atoms with Crippen LogP contribution in [0.1, 0.15) is 39.5 Å². The van der Waals surface area contributed by atoms with Gasteiger partial charge in [0.25, 0.3) is 0 Å². The van der Waals surface area contributed by atoms with Gasteiger partial charge >= 0.3 is 0 Å². The molecule has 0 spiro atoms. The highest BCUT2D eigenvalue weighted by Crippen LogP contribution is 2.63. The first-order chi connectivity index (χ1) is 10.4. The smallest absolute Gasteiger partial charge is 0.0727 e. The molecule has 122 valence electrons. The number of aliphatic hydroxyl groups excluding tert-OH is 2. The van der Waals surface area contributed by atoms with Crippen LogP contribution in [0, 0.1) is 34.5 Å². The number of aliphatic hydroxyl groups is 2.